The zero-order valence-corrected chi connectivity index (χ0v) is 46.8. The second-order valence-corrected chi connectivity index (χ2v) is 19.9. The first-order chi connectivity index (χ1) is 38.9. The highest BCUT2D eigenvalue weighted by Crippen LogP contribution is 2.40. The second-order valence-electron chi connectivity index (χ2n) is 18.2. The number of hydrogen-bond donors (Lipinski definition) is 3. The summed E-state index contributed by atoms with van der Waals surface area (Å²) in [7, 11) is 0. The van der Waals surface area contributed by atoms with Gasteiger partial charge in [-0.25, -0.2) is 0 Å². The van der Waals surface area contributed by atoms with Crippen molar-refractivity contribution in [1.29, 1.82) is 0 Å². The van der Waals surface area contributed by atoms with Crippen molar-refractivity contribution in [2.75, 3.05) is 139 Å². The molecular formula is C54H69ClN8O16S. The Bertz CT molecular complexity index is 2760. The number of imide groups is 2. The summed E-state index contributed by atoms with van der Waals surface area (Å²) in [5.74, 6) is -1.81. The molecule has 1 fully saturated rings. The van der Waals surface area contributed by atoms with Gasteiger partial charge >= 0.3 is 0 Å². The standard InChI is InChI=1S/C54H69ClN8O16S/c1-35-36(2)80-54-47(35)49(38-7-9-39(55)10-8-38)58-41(50-61-60-37(3)62(50)54)33-45(65)56-13-15-70-17-19-72-21-23-74-25-27-76-29-31-78-32-30-77-28-26-75-24-22-73-20-18-71-16-14-57-46(66)34-79-43-6-4-5-40-48(43)53(69)63(52(40)68)42-11-12-44(64)59-51(42)67/h4-10,41-42H,11-34H2,1-3H3,(H,56,65)(H,57,66)(H,59,64,67). The molecule has 24 nitrogen and oxygen atoms in total. The van der Waals surface area contributed by atoms with Gasteiger partial charge in [0, 0.05) is 40.5 Å². The minimum Gasteiger partial charge on any atom is -0.483 e. The first-order valence-electron chi connectivity index (χ1n) is 26.5. The molecule has 0 spiro atoms. The topological polar surface area (TPSA) is 277 Å². The van der Waals surface area contributed by atoms with Gasteiger partial charge in [-0.3, -0.25) is 48.5 Å². The van der Waals surface area contributed by atoms with Crippen molar-refractivity contribution >= 4 is 64.1 Å². The average Bonchev–Trinajstić information content (AvgIpc) is 4.14. The number of benzene rings is 2. The SMILES string of the molecule is Cc1sc2c(c1C)C(c1ccc(Cl)cc1)=NC(CC(=O)NCCOCCOCCOCCOCCOCCOCCOCCOCCOCCNC(=O)COc1cccc3c1C(=O)N(C1CCC(=O)NC1=O)C3=O)c1nnc(C)n1-2. The number of fused-ring (bicyclic) bond motifs is 4. The molecule has 7 rings (SSSR count). The highest BCUT2D eigenvalue weighted by atomic mass is 35.5. The van der Waals surface area contributed by atoms with E-state index in [1.54, 1.807) is 11.3 Å². The Morgan fingerprint density at radius 2 is 1.19 bits per heavy atom. The van der Waals surface area contributed by atoms with Crippen LogP contribution in [0.1, 0.15) is 79.2 Å². The zero-order valence-electron chi connectivity index (χ0n) is 45.2. The lowest BCUT2D eigenvalue weighted by molar-refractivity contribution is -0.136. The number of ether oxygens (including phenoxy) is 10. The fourth-order valence-corrected chi connectivity index (χ4v) is 9.91. The first kappa shape index (κ1) is 61.5. The quantitative estimate of drug-likeness (QED) is 0.0432. The van der Waals surface area contributed by atoms with Crippen LogP contribution in [0.2, 0.25) is 5.02 Å². The number of rotatable bonds is 37. The van der Waals surface area contributed by atoms with Crippen LogP contribution in [-0.2, 0) is 61.8 Å². The van der Waals surface area contributed by atoms with Crippen LogP contribution in [0.15, 0.2) is 47.5 Å². The van der Waals surface area contributed by atoms with Crippen LogP contribution < -0.4 is 20.7 Å². The maximum atomic E-state index is 13.2. The average molecular weight is 1150 g/mol. The smallest absolute Gasteiger partial charge is 0.266 e. The van der Waals surface area contributed by atoms with E-state index in [1.807, 2.05) is 35.8 Å². The molecule has 434 valence electrons. The third kappa shape index (κ3) is 17.7. The molecule has 2 aromatic heterocycles. The molecule has 1 saturated heterocycles. The predicted molar refractivity (Wildman–Crippen MR) is 290 cm³/mol. The summed E-state index contributed by atoms with van der Waals surface area (Å²) in [4.78, 5) is 82.8. The molecule has 0 aliphatic carbocycles. The van der Waals surface area contributed by atoms with Crippen LogP contribution in [0.4, 0.5) is 0 Å². The summed E-state index contributed by atoms with van der Waals surface area (Å²) in [5, 5.41) is 18.2. The largest absolute Gasteiger partial charge is 0.483 e. The maximum absolute atomic E-state index is 13.2. The zero-order chi connectivity index (χ0) is 56.6. The van der Waals surface area contributed by atoms with E-state index in [1.165, 1.54) is 23.1 Å². The van der Waals surface area contributed by atoms with E-state index in [-0.39, 0.29) is 55.2 Å². The van der Waals surface area contributed by atoms with Crippen LogP contribution in [0.3, 0.4) is 0 Å². The van der Waals surface area contributed by atoms with Gasteiger partial charge in [0.1, 0.15) is 28.7 Å². The molecule has 0 radical (unpaired) electrons. The van der Waals surface area contributed by atoms with E-state index in [2.05, 4.69) is 40.0 Å². The summed E-state index contributed by atoms with van der Waals surface area (Å²) >= 11 is 7.89. The van der Waals surface area contributed by atoms with E-state index in [0.29, 0.717) is 130 Å². The number of thiophene rings is 1. The van der Waals surface area contributed by atoms with Crippen molar-refractivity contribution in [2.24, 2.45) is 4.99 Å². The summed E-state index contributed by atoms with van der Waals surface area (Å²) in [5.41, 5.74) is 3.87. The van der Waals surface area contributed by atoms with Crippen molar-refractivity contribution in [3.63, 3.8) is 0 Å². The summed E-state index contributed by atoms with van der Waals surface area (Å²) < 4.78 is 57.5. The van der Waals surface area contributed by atoms with Crippen LogP contribution in [0, 0.1) is 20.8 Å². The fourth-order valence-electron chi connectivity index (χ4n) is 8.57. The van der Waals surface area contributed by atoms with E-state index < -0.39 is 48.2 Å². The normalized spacial score (nSPS) is 15.8. The summed E-state index contributed by atoms with van der Waals surface area (Å²) in [6.45, 7) is 13.2. The highest BCUT2D eigenvalue weighted by molar-refractivity contribution is 7.15. The van der Waals surface area contributed by atoms with Crippen molar-refractivity contribution in [2.45, 2.75) is 52.1 Å². The van der Waals surface area contributed by atoms with Crippen molar-refractivity contribution in [1.82, 2.24) is 35.6 Å². The monoisotopic (exact) mass is 1150 g/mol. The molecule has 3 N–H and O–H groups in total. The number of piperidine rings is 1. The summed E-state index contributed by atoms with van der Waals surface area (Å²) in [6.07, 6.45) is 0.126. The third-order valence-corrected chi connectivity index (χ3v) is 14.1. The van der Waals surface area contributed by atoms with Gasteiger partial charge in [0.15, 0.2) is 12.4 Å². The molecule has 4 aromatic rings. The van der Waals surface area contributed by atoms with Crippen LogP contribution in [0.25, 0.3) is 5.00 Å². The molecule has 3 aliphatic heterocycles. The number of aromatic nitrogens is 3. The van der Waals surface area contributed by atoms with E-state index in [0.717, 1.165) is 38.1 Å². The maximum Gasteiger partial charge on any atom is 0.266 e. The Labute approximate surface area is 472 Å². The van der Waals surface area contributed by atoms with Gasteiger partial charge in [-0.05, 0) is 57.0 Å². The molecule has 0 bridgehead atoms. The van der Waals surface area contributed by atoms with Gasteiger partial charge < -0.3 is 58.0 Å². The molecule has 0 saturated carbocycles. The van der Waals surface area contributed by atoms with Crippen LogP contribution in [0.5, 0.6) is 5.75 Å². The molecule has 3 aliphatic rings. The fraction of sp³-hybridized carbons (Fsp3) is 0.537. The number of halogens is 1. The Morgan fingerprint density at radius 3 is 1.73 bits per heavy atom. The number of aryl methyl sites for hydroxylation is 2. The number of amides is 6. The number of nitrogens with zero attached hydrogens (tertiary/aromatic N) is 5. The number of hydrogen-bond acceptors (Lipinski definition) is 20. The lowest BCUT2D eigenvalue weighted by atomic mass is 9.99. The number of nitrogens with one attached hydrogen (secondary N) is 3. The molecule has 80 heavy (non-hydrogen) atoms. The number of carbonyl (C=O) groups is 6. The van der Waals surface area contributed by atoms with Crippen molar-refractivity contribution < 1.29 is 76.1 Å². The third-order valence-electron chi connectivity index (χ3n) is 12.6. The second kappa shape index (κ2) is 32.4. The predicted octanol–water partition coefficient (Wildman–Crippen LogP) is 3.05. The van der Waals surface area contributed by atoms with Gasteiger partial charge in [-0.2, -0.15) is 0 Å². The Morgan fingerprint density at radius 1 is 0.662 bits per heavy atom. The van der Waals surface area contributed by atoms with Gasteiger partial charge in [-0.1, -0.05) is 29.8 Å². The lowest BCUT2D eigenvalue weighted by Gasteiger charge is -2.27. The van der Waals surface area contributed by atoms with Crippen LogP contribution >= 0.6 is 22.9 Å². The lowest BCUT2D eigenvalue weighted by Crippen LogP contribution is -2.54. The number of aliphatic imine (C=N–C) groups is 1. The molecule has 2 aromatic carbocycles. The Balaban J connectivity index is 0.592. The van der Waals surface area contributed by atoms with E-state index in [9.17, 15) is 28.8 Å². The molecule has 26 heteroatoms. The molecule has 6 amide bonds. The highest BCUT2D eigenvalue weighted by Gasteiger charge is 2.46. The first-order valence-corrected chi connectivity index (χ1v) is 27.7. The molecular weight excluding hydrogens is 1080 g/mol. The summed E-state index contributed by atoms with van der Waals surface area (Å²) in [6, 6.07) is 10.3. The van der Waals surface area contributed by atoms with E-state index >= 15 is 0 Å². The minimum atomic E-state index is -1.11. The Hall–Kier alpha value is -6.10. The van der Waals surface area contributed by atoms with E-state index in [4.69, 9.17) is 64.0 Å². The van der Waals surface area contributed by atoms with Crippen molar-refractivity contribution in [3.05, 3.63) is 91.8 Å². The Kier molecular flexibility index (Phi) is 24.9. The van der Waals surface area contributed by atoms with Crippen molar-refractivity contribution in [3.8, 4) is 10.8 Å². The van der Waals surface area contributed by atoms with Gasteiger partial charge in [0.25, 0.3) is 17.7 Å². The molecule has 5 heterocycles. The van der Waals surface area contributed by atoms with Gasteiger partial charge in [0.05, 0.1) is 142 Å². The molecule has 2 atom stereocenters. The number of carbonyl (C=O) groups excluding carboxylic acids is 6. The minimum absolute atomic E-state index is 0.00350. The van der Waals surface area contributed by atoms with Gasteiger partial charge in [-0.15, -0.1) is 21.5 Å². The van der Waals surface area contributed by atoms with Crippen LogP contribution in [-0.4, -0.2) is 205 Å². The van der Waals surface area contributed by atoms with Gasteiger partial charge in [0.2, 0.25) is 17.7 Å². The molecule has 2 unspecified atom stereocenters.